The summed E-state index contributed by atoms with van der Waals surface area (Å²) in [5.41, 5.74) is 1.10. The molecule has 10 heteroatoms. The Bertz CT molecular complexity index is 752. The second-order valence-corrected chi connectivity index (χ2v) is 7.55. The first-order valence-electron chi connectivity index (χ1n) is 10.7. The van der Waals surface area contributed by atoms with E-state index in [0.29, 0.717) is 32.2 Å². The van der Waals surface area contributed by atoms with Gasteiger partial charge in [0, 0.05) is 39.8 Å². The number of halogens is 1. The predicted molar refractivity (Wildman–Crippen MR) is 136 cm³/mol. The molecule has 9 nitrogen and oxygen atoms in total. The molecule has 0 bridgehead atoms. The molecule has 0 saturated carbocycles. The van der Waals surface area contributed by atoms with Gasteiger partial charge in [0.1, 0.15) is 12.3 Å². The number of rotatable bonds is 8. The third kappa shape index (κ3) is 9.09. The van der Waals surface area contributed by atoms with Gasteiger partial charge < -0.3 is 29.9 Å². The second-order valence-electron chi connectivity index (χ2n) is 7.55. The van der Waals surface area contributed by atoms with Gasteiger partial charge in [0.2, 0.25) is 5.91 Å². The number of ether oxygens (including phenoxy) is 2. The van der Waals surface area contributed by atoms with Gasteiger partial charge in [0.15, 0.2) is 5.96 Å². The van der Waals surface area contributed by atoms with E-state index in [4.69, 9.17) is 9.47 Å². The number of hydrogen-bond donors (Lipinski definition) is 2. The normalized spacial score (nSPS) is 14.2. The van der Waals surface area contributed by atoms with Crippen LogP contribution in [0.2, 0.25) is 0 Å². The number of likely N-dealkylation sites (N-methyl/N-ethyl adjacent to an activating group) is 1. The summed E-state index contributed by atoms with van der Waals surface area (Å²) in [4.78, 5) is 31.6. The van der Waals surface area contributed by atoms with Crippen LogP contribution in [0.3, 0.4) is 0 Å². The number of benzene rings is 1. The Morgan fingerprint density at radius 1 is 1.22 bits per heavy atom. The number of piperidine rings is 1. The molecule has 0 aromatic heterocycles. The van der Waals surface area contributed by atoms with Crippen LogP contribution in [-0.4, -0.2) is 87.8 Å². The summed E-state index contributed by atoms with van der Waals surface area (Å²) in [6.45, 7) is 4.15. The summed E-state index contributed by atoms with van der Waals surface area (Å²) in [5.74, 6) is 1.38. The monoisotopic (exact) mass is 561 g/mol. The van der Waals surface area contributed by atoms with Crippen LogP contribution in [0.4, 0.5) is 4.79 Å². The molecule has 1 heterocycles. The summed E-state index contributed by atoms with van der Waals surface area (Å²) in [6.07, 6.45) is 2.07. The summed E-state index contributed by atoms with van der Waals surface area (Å²) >= 11 is 0. The summed E-state index contributed by atoms with van der Waals surface area (Å²) in [7, 11) is 5.09. The van der Waals surface area contributed by atoms with Gasteiger partial charge in [-0.05, 0) is 37.8 Å². The Balaban J connectivity index is 0.00000512. The first kappa shape index (κ1) is 27.8. The van der Waals surface area contributed by atoms with Crippen LogP contribution >= 0.6 is 24.0 Å². The Hall–Kier alpha value is -2.24. The zero-order valence-electron chi connectivity index (χ0n) is 19.4. The van der Waals surface area contributed by atoms with Crippen molar-refractivity contribution in [1.29, 1.82) is 0 Å². The fourth-order valence-electron chi connectivity index (χ4n) is 3.28. The SMILES string of the molecule is CCOC(=O)N1CCC(NC(=NCC(=O)N(C)C)NCCc2ccccc2OC)CC1.I. The van der Waals surface area contributed by atoms with E-state index in [1.165, 1.54) is 4.90 Å². The maximum atomic E-state index is 12.0. The molecule has 1 aliphatic rings. The zero-order chi connectivity index (χ0) is 22.6. The molecular weight excluding hydrogens is 525 g/mol. The number of amides is 2. The summed E-state index contributed by atoms with van der Waals surface area (Å²) in [5, 5.41) is 6.74. The van der Waals surface area contributed by atoms with Crippen molar-refractivity contribution < 1.29 is 19.1 Å². The number of carbonyl (C=O) groups excluding carboxylic acids is 2. The quantitative estimate of drug-likeness (QED) is 0.287. The number of guanidine groups is 1. The van der Waals surface area contributed by atoms with Crippen LogP contribution in [-0.2, 0) is 16.0 Å². The van der Waals surface area contributed by atoms with Crippen LogP contribution in [0.5, 0.6) is 5.75 Å². The zero-order valence-corrected chi connectivity index (χ0v) is 21.8. The smallest absolute Gasteiger partial charge is 0.409 e. The fourth-order valence-corrected chi connectivity index (χ4v) is 3.28. The number of aliphatic imine (C=N–C) groups is 1. The maximum absolute atomic E-state index is 12.0. The Kier molecular flexibility index (Phi) is 12.8. The van der Waals surface area contributed by atoms with Gasteiger partial charge in [-0.25, -0.2) is 9.79 Å². The van der Waals surface area contributed by atoms with E-state index in [1.54, 1.807) is 33.0 Å². The van der Waals surface area contributed by atoms with Gasteiger partial charge in [0.25, 0.3) is 0 Å². The number of para-hydroxylation sites is 1. The minimum atomic E-state index is -0.263. The highest BCUT2D eigenvalue weighted by atomic mass is 127. The van der Waals surface area contributed by atoms with Crippen LogP contribution in [0.1, 0.15) is 25.3 Å². The van der Waals surface area contributed by atoms with E-state index >= 15 is 0 Å². The molecule has 0 radical (unpaired) electrons. The van der Waals surface area contributed by atoms with Gasteiger partial charge in [-0.1, -0.05) is 18.2 Å². The van der Waals surface area contributed by atoms with Crippen molar-refractivity contribution >= 4 is 41.9 Å². The minimum Gasteiger partial charge on any atom is -0.496 e. The average Bonchev–Trinajstić information content (AvgIpc) is 2.77. The number of carbonyl (C=O) groups is 2. The molecule has 1 aromatic carbocycles. The molecule has 2 N–H and O–H groups in total. The van der Waals surface area contributed by atoms with Crippen molar-refractivity contribution in [2.75, 3.05) is 54.0 Å². The Labute approximate surface area is 207 Å². The average molecular weight is 561 g/mol. The second kappa shape index (κ2) is 14.8. The van der Waals surface area contributed by atoms with Gasteiger partial charge in [-0.15, -0.1) is 24.0 Å². The maximum Gasteiger partial charge on any atom is 0.409 e. The third-order valence-electron chi connectivity index (χ3n) is 5.11. The van der Waals surface area contributed by atoms with Gasteiger partial charge in [0.05, 0.1) is 13.7 Å². The number of nitrogens with zero attached hydrogens (tertiary/aromatic N) is 3. The Morgan fingerprint density at radius 3 is 2.53 bits per heavy atom. The first-order chi connectivity index (χ1) is 14.9. The molecule has 0 aliphatic carbocycles. The lowest BCUT2D eigenvalue weighted by Crippen LogP contribution is -2.50. The molecule has 1 aliphatic heterocycles. The molecule has 1 fully saturated rings. The molecule has 2 amide bonds. The summed E-state index contributed by atoms with van der Waals surface area (Å²) in [6, 6.07) is 8.07. The summed E-state index contributed by atoms with van der Waals surface area (Å²) < 4.78 is 10.5. The number of hydrogen-bond acceptors (Lipinski definition) is 5. The molecule has 2 rings (SSSR count). The highest BCUT2D eigenvalue weighted by molar-refractivity contribution is 14.0. The highest BCUT2D eigenvalue weighted by Gasteiger charge is 2.24. The Morgan fingerprint density at radius 2 is 1.91 bits per heavy atom. The lowest BCUT2D eigenvalue weighted by Gasteiger charge is -2.32. The fraction of sp³-hybridized carbons (Fsp3) is 0.591. The lowest BCUT2D eigenvalue weighted by molar-refractivity contribution is -0.127. The number of methoxy groups -OCH3 is 1. The largest absolute Gasteiger partial charge is 0.496 e. The molecule has 0 atom stereocenters. The highest BCUT2D eigenvalue weighted by Crippen LogP contribution is 2.17. The van der Waals surface area contributed by atoms with Crippen molar-refractivity contribution in [3.05, 3.63) is 29.8 Å². The third-order valence-corrected chi connectivity index (χ3v) is 5.11. The molecule has 1 saturated heterocycles. The standard InChI is InChI=1S/C22H35N5O4.HI/c1-5-31-22(29)27-14-11-18(12-15-27)25-21(24-16-20(28)26(2)3)23-13-10-17-8-6-7-9-19(17)30-4;/h6-9,18H,5,10-16H2,1-4H3,(H2,23,24,25);1H. The van der Waals surface area contributed by atoms with Gasteiger partial charge >= 0.3 is 6.09 Å². The van der Waals surface area contributed by atoms with Crippen molar-refractivity contribution in [3.8, 4) is 5.75 Å². The number of likely N-dealkylation sites (tertiary alicyclic amines) is 1. The van der Waals surface area contributed by atoms with Crippen molar-refractivity contribution in [3.63, 3.8) is 0 Å². The van der Waals surface area contributed by atoms with E-state index in [1.807, 2.05) is 24.3 Å². The van der Waals surface area contributed by atoms with Crippen molar-refractivity contribution in [2.24, 2.45) is 4.99 Å². The molecule has 180 valence electrons. The van der Waals surface area contributed by atoms with E-state index in [-0.39, 0.29) is 48.6 Å². The molecular formula is C22H36IN5O4. The predicted octanol–water partition coefficient (Wildman–Crippen LogP) is 2.10. The molecule has 0 spiro atoms. The van der Waals surface area contributed by atoms with E-state index in [2.05, 4.69) is 15.6 Å². The van der Waals surface area contributed by atoms with Crippen molar-refractivity contribution in [1.82, 2.24) is 20.4 Å². The minimum absolute atomic E-state index is 0. The van der Waals surface area contributed by atoms with Crippen LogP contribution < -0.4 is 15.4 Å². The van der Waals surface area contributed by atoms with Crippen molar-refractivity contribution in [2.45, 2.75) is 32.2 Å². The van der Waals surface area contributed by atoms with Gasteiger partial charge in [-0.2, -0.15) is 0 Å². The lowest BCUT2D eigenvalue weighted by atomic mass is 10.1. The molecule has 0 unspecified atom stereocenters. The molecule has 1 aromatic rings. The van der Waals surface area contributed by atoms with E-state index in [9.17, 15) is 9.59 Å². The van der Waals surface area contributed by atoms with Crippen LogP contribution in [0.15, 0.2) is 29.3 Å². The molecule has 32 heavy (non-hydrogen) atoms. The van der Waals surface area contributed by atoms with E-state index in [0.717, 1.165) is 30.6 Å². The van der Waals surface area contributed by atoms with Crippen LogP contribution in [0, 0.1) is 0 Å². The number of nitrogens with one attached hydrogen (secondary N) is 2. The topological polar surface area (TPSA) is 95.5 Å². The van der Waals surface area contributed by atoms with Gasteiger partial charge in [-0.3, -0.25) is 4.79 Å². The van der Waals surface area contributed by atoms with Crippen LogP contribution in [0.25, 0.3) is 0 Å². The first-order valence-corrected chi connectivity index (χ1v) is 10.7. The van der Waals surface area contributed by atoms with E-state index < -0.39 is 0 Å².